The van der Waals surface area contributed by atoms with Crippen molar-refractivity contribution >= 4 is 39.7 Å². The Labute approximate surface area is 197 Å². The van der Waals surface area contributed by atoms with Gasteiger partial charge < -0.3 is 9.88 Å². The van der Waals surface area contributed by atoms with Gasteiger partial charge >= 0.3 is 0 Å². The van der Waals surface area contributed by atoms with Gasteiger partial charge in [-0.25, -0.2) is 9.37 Å². The molecule has 0 spiro atoms. The molecule has 0 aliphatic rings. The third-order valence-corrected chi connectivity index (χ3v) is 6.84. The molecule has 6 nitrogen and oxygen atoms in total. The van der Waals surface area contributed by atoms with E-state index in [2.05, 4.69) is 28.5 Å². The van der Waals surface area contributed by atoms with Crippen LogP contribution in [0, 0.1) is 12.7 Å². The van der Waals surface area contributed by atoms with Crippen LogP contribution in [-0.4, -0.2) is 37.5 Å². The van der Waals surface area contributed by atoms with Crippen LogP contribution < -0.4 is 5.32 Å². The van der Waals surface area contributed by atoms with Crippen molar-refractivity contribution in [3.63, 3.8) is 0 Å². The molecule has 1 atom stereocenters. The first-order chi connectivity index (χ1) is 16.0. The van der Waals surface area contributed by atoms with Crippen molar-refractivity contribution in [2.75, 3.05) is 6.54 Å². The number of carbonyl (C=O) groups is 1. The van der Waals surface area contributed by atoms with Crippen LogP contribution in [0.5, 0.6) is 0 Å². The van der Waals surface area contributed by atoms with Gasteiger partial charge in [0.2, 0.25) is 11.1 Å². The van der Waals surface area contributed by atoms with E-state index < -0.39 is 0 Å². The maximum Gasteiger partial charge on any atom is 0.233 e. The predicted molar refractivity (Wildman–Crippen MR) is 131 cm³/mol. The van der Waals surface area contributed by atoms with Crippen molar-refractivity contribution in [2.24, 2.45) is 0 Å². The number of nitrogens with one attached hydrogen (secondary N) is 1. The summed E-state index contributed by atoms with van der Waals surface area (Å²) in [6, 6.07) is 12.8. The minimum absolute atomic E-state index is 0.0119. The quantitative estimate of drug-likeness (QED) is 0.270. The van der Waals surface area contributed by atoms with Gasteiger partial charge in [0.15, 0.2) is 5.65 Å². The monoisotopic (exact) mass is 465 g/mol. The van der Waals surface area contributed by atoms with Gasteiger partial charge in [0, 0.05) is 17.5 Å². The lowest BCUT2D eigenvalue weighted by Gasteiger charge is -2.13. The zero-order valence-corrected chi connectivity index (χ0v) is 20.0. The van der Waals surface area contributed by atoms with Crippen LogP contribution in [0.3, 0.4) is 0 Å². The van der Waals surface area contributed by atoms with Crippen molar-refractivity contribution < 1.29 is 9.18 Å². The number of fused-ring (bicyclic) bond motifs is 3. The number of rotatable bonds is 9. The van der Waals surface area contributed by atoms with Crippen molar-refractivity contribution in [3.05, 3.63) is 59.4 Å². The Kier molecular flexibility index (Phi) is 7.23. The van der Waals surface area contributed by atoms with E-state index in [-0.39, 0.29) is 17.0 Å². The summed E-state index contributed by atoms with van der Waals surface area (Å²) in [5.74, 6) is -0.270. The first kappa shape index (κ1) is 23.2. The number of amides is 1. The Morgan fingerprint density at radius 3 is 2.76 bits per heavy atom. The largest absolute Gasteiger partial charge is 0.355 e. The smallest absolute Gasteiger partial charge is 0.233 e. The highest BCUT2D eigenvalue weighted by atomic mass is 32.2. The normalized spacial score (nSPS) is 12.4. The third kappa shape index (κ3) is 5.00. The number of hydrogen-bond acceptors (Lipinski definition) is 5. The Balaban J connectivity index is 1.73. The Bertz CT molecular complexity index is 1290. The summed E-state index contributed by atoms with van der Waals surface area (Å²) in [7, 11) is 0. The van der Waals surface area contributed by atoms with Gasteiger partial charge in [-0.2, -0.15) is 0 Å². The van der Waals surface area contributed by atoms with Gasteiger partial charge in [-0.1, -0.05) is 61.9 Å². The zero-order valence-electron chi connectivity index (χ0n) is 19.1. The molecule has 172 valence electrons. The molecule has 8 heteroatoms. The van der Waals surface area contributed by atoms with Gasteiger partial charge in [-0.3, -0.25) is 4.79 Å². The van der Waals surface area contributed by atoms with Crippen LogP contribution in [-0.2, 0) is 11.3 Å². The summed E-state index contributed by atoms with van der Waals surface area (Å²) in [6.07, 6.45) is 2.63. The maximum absolute atomic E-state index is 14.4. The fourth-order valence-electron chi connectivity index (χ4n) is 3.81. The van der Waals surface area contributed by atoms with Crippen LogP contribution in [0.4, 0.5) is 4.39 Å². The molecular weight excluding hydrogens is 437 g/mol. The number of carbonyl (C=O) groups excluding carboxylic acids is 1. The van der Waals surface area contributed by atoms with Crippen molar-refractivity contribution in [1.82, 2.24) is 25.1 Å². The fourth-order valence-corrected chi connectivity index (χ4v) is 4.65. The standard InChI is InChI=1S/C25H28FN5OS/c1-4-6-13-27-24(32)21(5-2)33-25-28-23-22(29-30-25)18-14-16(3)11-12-20(18)31(23)15-17-9-7-8-10-19(17)26/h7-12,14,21H,4-6,13,15H2,1-3H3,(H,27,32). The van der Waals surface area contributed by atoms with Crippen LogP contribution in [0.15, 0.2) is 47.6 Å². The molecule has 4 aromatic rings. The number of unbranched alkanes of at least 4 members (excludes halogenated alkanes) is 1. The Morgan fingerprint density at radius 1 is 1.18 bits per heavy atom. The molecule has 1 unspecified atom stereocenters. The summed E-state index contributed by atoms with van der Waals surface area (Å²) in [5.41, 5.74) is 3.91. The predicted octanol–water partition coefficient (Wildman–Crippen LogP) is 5.26. The second-order valence-electron chi connectivity index (χ2n) is 8.12. The molecule has 0 fully saturated rings. The molecule has 0 aliphatic carbocycles. The van der Waals surface area contributed by atoms with Gasteiger partial charge in [0.05, 0.1) is 17.3 Å². The van der Waals surface area contributed by atoms with Gasteiger partial charge in [-0.15, -0.1) is 10.2 Å². The van der Waals surface area contributed by atoms with E-state index >= 15 is 0 Å². The number of aryl methyl sites for hydroxylation is 1. The highest BCUT2D eigenvalue weighted by Gasteiger charge is 2.21. The molecule has 0 radical (unpaired) electrons. The second-order valence-corrected chi connectivity index (χ2v) is 9.29. The molecular formula is C25H28FN5OS. The topological polar surface area (TPSA) is 72.7 Å². The minimum Gasteiger partial charge on any atom is -0.355 e. The molecule has 4 rings (SSSR count). The molecule has 2 heterocycles. The highest BCUT2D eigenvalue weighted by molar-refractivity contribution is 8.00. The Morgan fingerprint density at radius 2 is 2.00 bits per heavy atom. The third-order valence-electron chi connectivity index (χ3n) is 5.63. The first-order valence-corrected chi connectivity index (χ1v) is 12.2. The number of aromatic nitrogens is 4. The van der Waals surface area contributed by atoms with Gasteiger partial charge in [-0.05, 0) is 38.0 Å². The van der Waals surface area contributed by atoms with Gasteiger partial charge in [0.1, 0.15) is 11.3 Å². The molecule has 0 saturated heterocycles. The number of halogens is 1. The van der Waals surface area contributed by atoms with E-state index in [0.717, 1.165) is 29.3 Å². The average molecular weight is 466 g/mol. The van der Waals surface area contributed by atoms with E-state index in [1.54, 1.807) is 12.1 Å². The van der Waals surface area contributed by atoms with Crippen LogP contribution >= 0.6 is 11.8 Å². The molecule has 0 bridgehead atoms. The number of thioether (sulfide) groups is 1. The number of nitrogens with zero attached hydrogens (tertiary/aromatic N) is 4. The molecule has 0 saturated carbocycles. The lowest BCUT2D eigenvalue weighted by atomic mass is 10.1. The summed E-state index contributed by atoms with van der Waals surface area (Å²) in [4.78, 5) is 17.4. The zero-order chi connectivity index (χ0) is 23.4. The van der Waals surface area contributed by atoms with Crippen LogP contribution in [0.1, 0.15) is 44.2 Å². The molecule has 1 N–H and O–H groups in total. The Hall–Kier alpha value is -3.00. The number of benzene rings is 2. The lowest BCUT2D eigenvalue weighted by molar-refractivity contribution is -0.120. The van der Waals surface area contributed by atoms with Crippen molar-refractivity contribution in [3.8, 4) is 0 Å². The lowest BCUT2D eigenvalue weighted by Crippen LogP contribution is -2.33. The maximum atomic E-state index is 14.4. The first-order valence-electron chi connectivity index (χ1n) is 11.3. The fraction of sp³-hybridized carbons (Fsp3) is 0.360. The van der Waals surface area contributed by atoms with Crippen LogP contribution in [0.25, 0.3) is 22.1 Å². The number of hydrogen-bond donors (Lipinski definition) is 1. The second kappa shape index (κ2) is 10.3. The summed E-state index contributed by atoms with van der Waals surface area (Å²) < 4.78 is 16.4. The minimum atomic E-state index is -0.298. The molecule has 1 amide bonds. The van der Waals surface area contributed by atoms with E-state index in [1.165, 1.54) is 17.8 Å². The SMILES string of the molecule is CCCCNC(=O)C(CC)Sc1nnc2c3cc(C)ccc3n(Cc3ccccc3F)c2n1. The van der Waals surface area contributed by atoms with Crippen LogP contribution in [0.2, 0.25) is 0 Å². The molecule has 0 aliphatic heterocycles. The van der Waals surface area contributed by atoms with E-state index in [0.29, 0.717) is 41.4 Å². The van der Waals surface area contributed by atoms with E-state index in [9.17, 15) is 9.18 Å². The van der Waals surface area contributed by atoms with E-state index in [1.807, 2.05) is 36.6 Å². The summed E-state index contributed by atoms with van der Waals surface area (Å²) >= 11 is 1.32. The molecule has 2 aromatic heterocycles. The van der Waals surface area contributed by atoms with Gasteiger partial charge in [0.25, 0.3) is 0 Å². The average Bonchev–Trinajstić information content (AvgIpc) is 3.11. The summed E-state index contributed by atoms with van der Waals surface area (Å²) in [6.45, 7) is 7.08. The van der Waals surface area contributed by atoms with Crippen molar-refractivity contribution in [2.45, 2.75) is 57.0 Å². The molecule has 33 heavy (non-hydrogen) atoms. The summed E-state index contributed by atoms with van der Waals surface area (Å²) in [5, 5.41) is 12.9. The molecule has 2 aromatic carbocycles. The van der Waals surface area contributed by atoms with Crippen molar-refractivity contribution in [1.29, 1.82) is 0 Å². The van der Waals surface area contributed by atoms with E-state index in [4.69, 9.17) is 4.98 Å². The highest BCUT2D eigenvalue weighted by Crippen LogP contribution is 2.30.